The highest BCUT2D eigenvalue weighted by molar-refractivity contribution is 7.98. The van der Waals surface area contributed by atoms with Gasteiger partial charge in [0.2, 0.25) is 5.91 Å². The number of furan rings is 1. The molecule has 0 spiro atoms. The third-order valence-electron chi connectivity index (χ3n) is 5.69. The van der Waals surface area contributed by atoms with E-state index < -0.39 is 0 Å². The Morgan fingerprint density at radius 2 is 1.84 bits per heavy atom. The Balaban J connectivity index is 1.40. The highest BCUT2D eigenvalue weighted by Gasteiger charge is 2.25. The first-order valence-electron chi connectivity index (χ1n) is 10.8. The molecule has 1 aliphatic heterocycles. The number of nitrogens with one attached hydrogen (secondary N) is 1. The quantitative estimate of drug-likeness (QED) is 0.503. The fourth-order valence-corrected chi connectivity index (χ4v) is 4.88. The molecule has 166 valence electrons. The van der Waals surface area contributed by atoms with Gasteiger partial charge in [-0.15, -0.1) is 11.8 Å². The van der Waals surface area contributed by atoms with Gasteiger partial charge < -0.3 is 20.4 Å². The van der Waals surface area contributed by atoms with Crippen molar-refractivity contribution in [2.45, 2.75) is 30.0 Å². The van der Waals surface area contributed by atoms with Crippen molar-refractivity contribution in [2.75, 3.05) is 18.0 Å². The highest BCUT2D eigenvalue weighted by Crippen LogP contribution is 2.27. The predicted molar refractivity (Wildman–Crippen MR) is 126 cm³/mol. The second-order valence-electron chi connectivity index (χ2n) is 7.88. The number of nitrogens with zero attached hydrogens (tertiary/aromatic N) is 1. The molecule has 1 aromatic heterocycles. The largest absolute Gasteiger partial charge is 0.459 e. The number of carbonyl (C=O) groups excluding carboxylic acids is 2. The van der Waals surface area contributed by atoms with E-state index in [9.17, 15) is 9.59 Å². The Morgan fingerprint density at radius 1 is 1.06 bits per heavy atom. The minimum Gasteiger partial charge on any atom is -0.459 e. The molecule has 6 nitrogen and oxygen atoms in total. The van der Waals surface area contributed by atoms with Crippen LogP contribution in [0.15, 0.2) is 76.2 Å². The molecule has 2 aromatic carbocycles. The molecule has 0 bridgehead atoms. The molecule has 1 aliphatic rings. The zero-order chi connectivity index (χ0) is 22.3. The summed E-state index contributed by atoms with van der Waals surface area (Å²) >= 11 is 1.66. The monoisotopic (exact) mass is 449 g/mol. The average molecular weight is 450 g/mol. The summed E-state index contributed by atoms with van der Waals surface area (Å²) in [6.45, 7) is 1.85. The van der Waals surface area contributed by atoms with Gasteiger partial charge in [-0.05, 0) is 42.7 Å². The highest BCUT2D eigenvalue weighted by atomic mass is 32.2. The van der Waals surface area contributed by atoms with Crippen LogP contribution in [-0.2, 0) is 17.1 Å². The molecule has 3 aromatic rings. The Bertz CT molecular complexity index is 1070. The van der Waals surface area contributed by atoms with Crippen LogP contribution in [0.2, 0.25) is 0 Å². The fraction of sp³-hybridized carbons (Fsp3) is 0.280. The predicted octanol–water partition coefficient (Wildman–Crippen LogP) is 4.20. The number of hydrogen-bond donors (Lipinski definition) is 2. The lowest BCUT2D eigenvalue weighted by Crippen LogP contribution is -2.41. The minimum atomic E-state index is -0.251. The molecule has 2 amide bonds. The third kappa shape index (κ3) is 5.34. The maximum Gasteiger partial charge on any atom is 0.287 e. The van der Waals surface area contributed by atoms with Gasteiger partial charge in [-0.3, -0.25) is 9.59 Å². The van der Waals surface area contributed by atoms with Crippen LogP contribution in [0.4, 0.5) is 5.69 Å². The van der Waals surface area contributed by atoms with Crippen LogP contribution < -0.4 is 16.0 Å². The molecule has 4 rings (SSSR count). The summed E-state index contributed by atoms with van der Waals surface area (Å²) in [7, 11) is 0. The van der Waals surface area contributed by atoms with Gasteiger partial charge >= 0.3 is 0 Å². The third-order valence-corrected chi connectivity index (χ3v) is 6.75. The van der Waals surface area contributed by atoms with Crippen molar-refractivity contribution < 1.29 is 14.0 Å². The number of nitrogens with two attached hydrogens (primary N) is 1. The van der Waals surface area contributed by atoms with E-state index in [1.807, 2.05) is 60.7 Å². The van der Waals surface area contributed by atoms with E-state index >= 15 is 0 Å². The number of para-hydroxylation sites is 1. The first-order valence-corrected chi connectivity index (χ1v) is 11.7. The van der Waals surface area contributed by atoms with E-state index in [0.29, 0.717) is 24.6 Å². The molecule has 7 heteroatoms. The molecule has 0 aliphatic carbocycles. The summed E-state index contributed by atoms with van der Waals surface area (Å²) in [4.78, 5) is 27.8. The molecule has 1 saturated heterocycles. The maximum atomic E-state index is 12.9. The van der Waals surface area contributed by atoms with Gasteiger partial charge in [0.05, 0.1) is 12.2 Å². The van der Waals surface area contributed by atoms with Gasteiger partial charge in [-0.25, -0.2) is 0 Å². The van der Waals surface area contributed by atoms with Crippen LogP contribution >= 0.6 is 11.8 Å². The molecule has 1 fully saturated rings. The van der Waals surface area contributed by atoms with Crippen molar-refractivity contribution in [2.24, 2.45) is 11.7 Å². The number of hydrogen-bond acceptors (Lipinski definition) is 5. The van der Waals surface area contributed by atoms with Gasteiger partial charge in [0.15, 0.2) is 5.76 Å². The van der Waals surface area contributed by atoms with Gasteiger partial charge in [0.25, 0.3) is 5.91 Å². The molecule has 3 N–H and O–H groups in total. The molecule has 0 saturated carbocycles. The van der Waals surface area contributed by atoms with E-state index in [4.69, 9.17) is 10.2 Å². The molecule has 1 atom stereocenters. The lowest BCUT2D eigenvalue weighted by molar-refractivity contribution is -0.122. The van der Waals surface area contributed by atoms with Crippen molar-refractivity contribution >= 4 is 29.3 Å². The van der Waals surface area contributed by atoms with Gasteiger partial charge in [0.1, 0.15) is 0 Å². The van der Waals surface area contributed by atoms with Crippen molar-refractivity contribution in [1.82, 2.24) is 5.32 Å². The van der Waals surface area contributed by atoms with Crippen LogP contribution in [0.3, 0.4) is 0 Å². The van der Waals surface area contributed by atoms with Crippen LogP contribution in [0.1, 0.15) is 34.5 Å². The van der Waals surface area contributed by atoms with Crippen LogP contribution in [-0.4, -0.2) is 24.9 Å². The number of piperidine rings is 1. The minimum absolute atomic E-state index is 0.140. The van der Waals surface area contributed by atoms with Crippen molar-refractivity contribution in [3.8, 4) is 0 Å². The molecule has 32 heavy (non-hydrogen) atoms. The van der Waals surface area contributed by atoms with E-state index in [0.717, 1.165) is 41.1 Å². The van der Waals surface area contributed by atoms with E-state index in [1.54, 1.807) is 18.0 Å². The maximum absolute atomic E-state index is 12.9. The Labute approximate surface area is 192 Å². The first kappa shape index (κ1) is 22.0. The summed E-state index contributed by atoms with van der Waals surface area (Å²) in [5.74, 6) is 0.375. The van der Waals surface area contributed by atoms with Gasteiger partial charge in [-0.2, -0.15) is 0 Å². The molecular formula is C25H27N3O3S. The Kier molecular flexibility index (Phi) is 7.17. The summed E-state index contributed by atoms with van der Waals surface area (Å²) in [6, 6.07) is 19.9. The lowest BCUT2D eigenvalue weighted by atomic mass is 9.96. The van der Waals surface area contributed by atoms with Gasteiger partial charge in [0, 0.05) is 41.5 Å². The summed E-state index contributed by atoms with van der Waals surface area (Å²) in [5.41, 5.74) is 8.43. The van der Waals surface area contributed by atoms with Crippen molar-refractivity contribution in [1.29, 1.82) is 0 Å². The standard InChI is InChI=1S/C25H27N3O3S/c26-24(29)19-8-6-13-28(16-19)22-11-5-4-7-18(22)15-27-25(30)23-20(12-14-31-23)17-32-21-9-2-1-3-10-21/h1-5,7,9-12,14,19H,6,8,13,15-17H2,(H2,26,29)(H,27,30). The first-order chi connectivity index (χ1) is 15.6. The van der Waals surface area contributed by atoms with E-state index in [1.165, 1.54) is 0 Å². The van der Waals surface area contributed by atoms with Crippen LogP contribution in [0.5, 0.6) is 0 Å². The number of primary amides is 1. The number of rotatable bonds is 8. The zero-order valence-corrected chi connectivity index (χ0v) is 18.6. The molecular weight excluding hydrogens is 422 g/mol. The molecule has 2 heterocycles. The van der Waals surface area contributed by atoms with Gasteiger partial charge in [-0.1, -0.05) is 36.4 Å². The van der Waals surface area contributed by atoms with Crippen LogP contribution in [0.25, 0.3) is 0 Å². The Hall–Kier alpha value is -3.19. The van der Waals surface area contributed by atoms with Crippen molar-refractivity contribution in [3.05, 3.63) is 83.8 Å². The number of carbonyl (C=O) groups is 2. The van der Waals surface area contributed by atoms with E-state index in [2.05, 4.69) is 10.2 Å². The zero-order valence-electron chi connectivity index (χ0n) is 17.8. The average Bonchev–Trinajstić information content (AvgIpc) is 3.31. The fourth-order valence-electron chi connectivity index (χ4n) is 3.98. The topological polar surface area (TPSA) is 88.6 Å². The second-order valence-corrected chi connectivity index (χ2v) is 8.92. The second kappa shape index (κ2) is 10.4. The normalized spacial score (nSPS) is 16.0. The summed E-state index contributed by atoms with van der Waals surface area (Å²) < 4.78 is 5.50. The molecule has 1 unspecified atom stereocenters. The number of anilines is 1. The number of thioether (sulfide) groups is 1. The summed E-state index contributed by atoms with van der Waals surface area (Å²) in [6.07, 6.45) is 3.30. The summed E-state index contributed by atoms with van der Waals surface area (Å²) in [5, 5.41) is 2.99. The lowest BCUT2D eigenvalue weighted by Gasteiger charge is -2.34. The SMILES string of the molecule is NC(=O)C1CCCN(c2ccccc2CNC(=O)c2occc2CSc2ccccc2)C1. The van der Waals surface area contributed by atoms with Crippen LogP contribution in [0, 0.1) is 5.92 Å². The van der Waals surface area contributed by atoms with E-state index in [-0.39, 0.29) is 17.7 Å². The number of amides is 2. The van der Waals surface area contributed by atoms with Crippen molar-refractivity contribution in [3.63, 3.8) is 0 Å². The molecule has 0 radical (unpaired) electrons. The Morgan fingerprint density at radius 3 is 2.66 bits per heavy atom. The smallest absolute Gasteiger partial charge is 0.287 e. The number of benzene rings is 2.